The average Bonchev–Trinajstić information content (AvgIpc) is 2.60. The molecule has 0 aromatic carbocycles. The third kappa shape index (κ3) is 3.12. The zero-order chi connectivity index (χ0) is 13.3. The third-order valence-corrected chi connectivity index (χ3v) is 3.28. The highest BCUT2D eigenvalue weighted by atomic mass is 16.6. The Morgan fingerprint density at radius 3 is 2.41 bits per heavy atom. The molecule has 1 heterocycles. The fraction of sp³-hybridized carbons (Fsp3) is 0.846. The Morgan fingerprint density at radius 1 is 1.47 bits per heavy atom. The predicted octanol–water partition coefficient (Wildman–Crippen LogP) is 2.79. The normalized spacial score (nSPS) is 24.9. The molecule has 0 aromatic rings. The number of hydrogen-bond donors (Lipinski definition) is 0. The Labute approximate surface area is 104 Å². The van der Waals surface area contributed by atoms with Crippen LogP contribution in [0.3, 0.4) is 0 Å². The van der Waals surface area contributed by atoms with Crippen LogP contribution in [0.4, 0.5) is 4.79 Å². The van der Waals surface area contributed by atoms with Gasteiger partial charge in [-0.1, -0.05) is 13.8 Å². The minimum Gasteiger partial charge on any atom is -0.444 e. The van der Waals surface area contributed by atoms with E-state index in [0.717, 1.165) is 6.42 Å². The first-order valence-electron chi connectivity index (χ1n) is 6.09. The standard InChI is InChI=1S/C13H22N2O2/c1-10(2)13(8-14)6-7-15(9-13)11(16)17-12(3,4)5/h10H,6-7,9H2,1-5H3. The van der Waals surface area contributed by atoms with Crippen molar-refractivity contribution < 1.29 is 9.53 Å². The summed E-state index contributed by atoms with van der Waals surface area (Å²) in [6.07, 6.45) is 0.427. The number of rotatable bonds is 1. The van der Waals surface area contributed by atoms with Gasteiger partial charge in [-0.3, -0.25) is 0 Å². The van der Waals surface area contributed by atoms with Crippen molar-refractivity contribution in [3.8, 4) is 6.07 Å². The maximum absolute atomic E-state index is 11.9. The minimum absolute atomic E-state index is 0.250. The van der Waals surface area contributed by atoms with Crippen LogP contribution in [0.2, 0.25) is 0 Å². The van der Waals surface area contributed by atoms with Gasteiger partial charge in [0, 0.05) is 13.1 Å². The first kappa shape index (κ1) is 13.8. The maximum atomic E-state index is 11.9. The summed E-state index contributed by atoms with van der Waals surface area (Å²) in [4.78, 5) is 13.5. The van der Waals surface area contributed by atoms with Gasteiger partial charge in [-0.05, 0) is 33.1 Å². The number of hydrogen-bond acceptors (Lipinski definition) is 3. The van der Waals surface area contributed by atoms with Crippen molar-refractivity contribution in [1.29, 1.82) is 5.26 Å². The van der Waals surface area contributed by atoms with Crippen molar-refractivity contribution in [2.24, 2.45) is 11.3 Å². The van der Waals surface area contributed by atoms with E-state index in [9.17, 15) is 10.1 Å². The monoisotopic (exact) mass is 238 g/mol. The summed E-state index contributed by atoms with van der Waals surface area (Å²) in [7, 11) is 0. The van der Waals surface area contributed by atoms with Crippen molar-refractivity contribution in [2.45, 2.75) is 46.6 Å². The SMILES string of the molecule is CC(C)C1(C#N)CCN(C(=O)OC(C)(C)C)C1. The zero-order valence-electron chi connectivity index (χ0n) is 11.4. The topological polar surface area (TPSA) is 53.3 Å². The first-order chi connectivity index (χ1) is 7.70. The number of carbonyl (C=O) groups is 1. The Kier molecular flexibility index (Phi) is 3.71. The van der Waals surface area contributed by atoms with Crippen LogP contribution in [0, 0.1) is 22.7 Å². The van der Waals surface area contributed by atoms with E-state index in [4.69, 9.17) is 4.74 Å². The molecule has 0 bridgehead atoms. The summed E-state index contributed by atoms with van der Waals surface area (Å²) in [5.74, 6) is 0.250. The van der Waals surface area contributed by atoms with E-state index in [-0.39, 0.29) is 12.0 Å². The second kappa shape index (κ2) is 4.56. The smallest absolute Gasteiger partial charge is 0.410 e. The summed E-state index contributed by atoms with van der Waals surface area (Å²) < 4.78 is 5.32. The summed E-state index contributed by atoms with van der Waals surface area (Å²) in [6.45, 7) is 10.7. The van der Waals surface area contributed by atoms with Crippen LogP contribution in [0.15, 0.2) is 0 Å². The van der Waals surface area contributed by atoms with Gasteiger partial charge in [0.25, 0.3) is 0 Å². The molecule has 1 unspecified atom stereocenters. The number of likely N-dealkylation sites (tertiary alicyclic amines) is 1. The molecule has 1 saturated heterocycles. The fourth-order valence-corrected chi connectivity index (χ4v) is 2.01. The van der Waals surface area contributed by atoms with Gasteiger partial charge in [-0.2, -0.15) is 5.26 Å². The second-order valence-electron chi connectivity index (χ2n) is 6.07. The van der Waals surface area contributed by atoms with Gasteiger partial charge in [0.05, 0.1) is 11.5 Å². The van der Waals surface area contributed by atoms with Crippen molar-refractivity contribution in [2.75, 3.05) is 13.1 Å². The van der Waals surface area contributed by atoms with Crippen LogP contribution in [-0.2, 0) is 4.74 Å². The lowest BCUT2D eigenvalue weighted by Gasteiger charge is -2.27. The van der Waals surface area contributed by atoms with Gasteiger partial charge < -0.3 is 9.64 Å². The molecule has 1 fully saturated rings. The second-order valence-corrected chi connectivity index (χ2v) is 6.07. The van der Waals surface area contributed by atoms with E-state index >= 15 is 0 Å². The summed E-state index contributed by atoms with van der Waals surface area (Å²) >= 11 is 0. The highest BCUT2D eigenvalue weighted by Gasteiger charge is 2.43. The summed E-state index contributed by atoms with van der Waals surface area (Å²) in [5.41, 5.74) is -0.885. The number of nitrogens with zero attached hydrogens (tertiary/aromatic N) is 2. The van der Waals surface area contributed by atoms with Gasteiger partial charge >= 0.3 is 6.09 Å². The van der Waals surface area contributed by atoms with Crippen molar-refractivity contribution in [3.63, 3.8) is 0 Å². The quantitative estimate of drug-likeness (QED) is 0.705. The Bertz CT molecular complexity index is 338. The van der Waals surface area contributed by atoms with Crippen molar-refractivity contribution >= 4 is 6.09 Å². The van der Waals surface area contributed by atoms with Crippen molar-refractivity contribution in [1.82, 2.24) is 4.90 Å². The maximum Gasteiger partial charge on any atom is 0.410 e. The molecule has 1 rings (SSSR count). The number of carbonyl (C=O) groups excluding carboxylic acids is 1. The number of ether oxygens (including phenoxy) is 1. The summed E-state index contributed by atoms with van der Waals surface area (Å²) in [6, 6.07) is 2.38. The molecule has 17 heavy (non-hydrogen) atoms. The van der Waals surface area contributed by atoms with E-state index in [0.29, 0.717) is 13.1 Å². The van der Waals surface area contributed by atoms with E-state index in [1.54, 1.807) is 4.90 Å². The molecule has 0 aliphatic carbocycles. The Hall–Kier alpha value is -1.24. The number of nitriles is 1. The molecule has 1 aliphatic heterocycles. The molecule has 1 aliphatic rings. The fourth-order valence-electron chi connectivity index (χ4n) is 2.01. The molecule has 0 N–H and O–H groups in total. The third-order valence-electron chi connectivity index (χ3n) is 3.28. The zero-order valence-corrected chi connectivity index (χ0v) is 11.4. The molecular formula is C13H22N2O2. The Morgan fingerprint density at radius 2 is 2.06 bits per heavy atom. The van der Waals surface area contributed by atoms with Gasteiger partial charge in [-0.15, -0.1) is 0 Å². The van der Waals surface area contributed by atoms with Crippen LogP contribution < -0.4 is 0 Å². The van der Waals surface area contributed by atoms with E-state index in [1.165, 1.54) is 0 Å². The largest absolute Gasteiger partial charge is 0.444 e. The van der Waals surface area contributed by atoms with Gasteiger partial charge in [-0.25, -0.2) is 4.79 Å². The molecule has 0 spiro atoms. The highest BCUT2D eigenvalue weighted by molar-refractivity contribution is 5.68. The molecule has 96 valence electrons. The average molecular weight is 238 g/mol. The van der Waals surface area contributed by atoms with E-state index in [2.05, 4.69) is 6.07 Å². The molecule has 0 aromatic heterocycles. The molecular weight excluding hydrogens is 216 g/mol. The van der Waals surface area contributed by atoms with Gasteiger partial charge in [0.15, 0.2) is 0 Å². The molecule has 4 nitrogen and oxygen atoms in total. The van der Waals surface area contributed by atoms with Gasteiger partial charge in [0.1, 0.15) is 5.60 Å². The Balaban J connectivity index is 2.68. The van der Waals surface area contributed by atoms with Gasteiger partial charge in [0.2, 0.25) is 0 Å². The minimum atomic E-state index is -0.479. The lowest BCUT2D eigenvalue weighted by atomic mass is 9.78. The van der Waals surface area contributed by atoms with Crippen LogP contribution in [0.1, 0.15) is 41.0 Å². The molecule has 1 atom stereocenters. The van der Waals surface area contributed by atoms with Crippen LogP contribution >= 0.6 is 0 Å². The van der Waals surface area contributed by atoms with E-state index < -0.39 is 11.0 Å². The highest BCUT2D eigenvalue weighted by Crippen LogP contribution is 2.37. The lowest BCUT2D eigenvalue weighted by Crippen LogP contribution is -2.37. The molecule has 0 radical (unpaired) electrons. The van der Waals surface area contributed by atoms with Crippen LogP contribution in [0.5, 0.6) is 0 Å². The molecule has 1 amide bonds. The lowest BCUT2D eigenvalue weighted by molar-refractivity contribution is 0.0275. The van der Waals surface area contributed by atoms with Crippen LogP contribution in [0.25, 0.3) is 0 Å². The molecule has 4 heteroatoms. The summed E-state index contributed by atoms with van der Waals surface area (Å²) in [5, 5.41) is 9.29. The van der Waals surface area contributed by atoms with Crippen LogP contribution in [-0.4, -0.2) is 29.7 Å². The predicted molar refractivity (Wildman–Crippen MR) is 65.3 cm³/mol. The first-order valence-corrected chi connectivity index (χ1v) is 6.09. The number of amides is 1. The van der Waals surface area contributed by atoms with E-state index in [1.807, 2.05) is 34.6 Å². The van der Waals surface area contributed by atoms with Crippen molar-refractivity contribution in [3.05, 3.63) is 0 Å². The molecule has 0 saturated carbocycles.